The molecule has 0 aromatic rings. The van der Waals surface area contributed by atoms with Crippen LogP contribution < -0.4 is 0 Å². The predicted molar refractivity (Wildman–Crippen MR) is 53.7 cm³/mol. The first-order valence-corrected chi connectivity index (χ1v) is 5.83. The van der Waals surface area contributed by atoms with Crippen molar-refractivity contribution in [1.29, 1.82) is 0 Å². The molecule has 2 rings (SSSR count). The Labute approximate surface area is 84.8 Å². The fourth-order valence-electron chi connectivity index (χ4n) is 3.25. The number of rotatable bonds is 1. The van der Waals surface area contributed by atoms with Crippen molar-refractivity contribution in [3.8, 4) is 0 Å². The van der Waals surface area contributed by atoms with Crippen molar-refractivity contribution in [2.24, 2.45) is 11.3 Å². The third-order valence-corrected chi connectivity index (χ3v) is 4.40. The number of hydrogen-bond donors (Lipinski definition) is 0. The van der Waals surface area contributed by atoms with E-state index in [4.69, 9.17) is 11.6 Å². The molecule has 2 aliphatic carbocycles. The van der Waals surface area contributed by atoms with Crippen LogP contribution in [0, 0.1) is 11.3 Å². The molecule has 2 aliphatic rings. The van der Waals surface area contributed by atoms with Crippen molar-refractivity contribution in [3.63, 3.8) is 0 Å². The van der Waals surface area contributed by atoms with Crippen molar-refractivity contribution in [3.05, 3.63) is 0 Å². The van der Waals surface area contributed by atoms with Crippen LogP contribution in [0.4, 0.5) is 0 Å². The summed E-state index contributed by atoms with van der Waals surface area (Å²) < 4.78 is 0. The maximum atomic E-state index is 11.5. The molecule has 0 heterocycles. The first-order valence-electron chi connectivity index (χ1n) is 5.46. The summed E-state index contributed by atoms with van der Waals surface area (Å²) in [6, 6.07) is 0. The van der Waals surface area contributed by atoms with Crippen molar-refractivity contribution in [2.45, 2.75) is 51.4 Å². The standard InChI is InChI=1S/C11H17ClO/c12-10(13)11-7-3-1-5-9(11)6-2-4-8-11/h9H,1-8H2. The van der Waals surface area contributed by atoms with E-state index in [2.05, 4.69) is 0 Å². The number of halogens is 1. The summed E-state index contributed by atoms with van der Waals surface area (Å²) >= 11 is 5.78. The largest absolute Gasteiger partial charge is 0.281 e. The Morgan fingerprint density at radius 3 is 2.00 bits per heavy atom. The van der Waals surface area contributed by atoms with Gasteiger partial charge in [0.25, 0.3) is 0 Å². The molecular formula is C11H17ClO. The molecule has 2 fully saturated rings. The second-order valence-corrected chi connectivity index (χ2v) is 4.96. The van der Waals surface area contributed by atoms with Crippen LogP contribution in [0.5, 0.6) is 0 Å². The average molecular weight is 201 g/mol. The van der Waals surface area contributed by atoms with E-state index in [1.165, 1.54) is 38.5 Å². The van der Waals surface area contributed by atoms with Crippen LogP contribution in [0.15, 0.2) is 0 Å². The molecule has 0 aromatic heterocycles. The van der Waals surface area contributed by atoms with E-state index in [0.717, 1.165) is 12.8 Å². The zero-order valence-electron chi connectivity index (χ0n) is 8.02. The van der Waals surface area contributed by atoms with Crippen LogP contribution in [-0.2, 0) is 4.79 Å². The topological polar surface area (TPSA) is 17.1 Å². The molecule has 1 nitrogen and oxygen atoms in total. The van der Waals surface area contributed by atoms with E-state index in [-0.39, 0.29) is 10.7 Å². The Morgan fingerprint density at radius 1 is 1.08 bits per heavy atom. The maximum Gasteiger partial charge on any atom is 0.228 e. The van der Waals surface area contributed by atoms with Gasteiger partial charge >= 0.3 is 0 Å². The lowest BCUT2D eigenvalue weighted by Gasteiger charge is -2.44. The quantitative estimate of drug-likeness (QED) is 0.593. The van der Waals surface area contributed by atoms with Crippen molar-refractivity contribution >= 4 is 16.8 Å². The highest BCUT2D eigenvalue weighted by atomic mass is 35.5. The first-order chi connectivity index (χ1) is 6.26. The van der Waals surface area contributed by atoms with Crippen molar-refractivity contribution in [1.82, 2.24) is 0 Å². The molecule has 0 amide bonds. The summed E-state index contributed by atoms with van der Waals surface area (Å²) in [5.41, 5.74) is -0.0992. The number of carbonyl (C=O) groups is 1. The van der Waals surface area contributed by atoms with Gasteiger partial charge < -0.3 is 0 Å². The summed E-state index contributed by atoms with van der Waals surface area (Å²) in [5, 5.41) is -0.0445. The monoisotopic (exact) mass is 200 g/mol. The second-order valence-electron chi connectivity index (χ2n) is 4.62. The van der Waals surface area contributed by atoms with Gasteiger partial charge in [-0.15, -0.1) is 0 Å². The number of carbonyl (C=O) groups excluding carboxylic acids is 1. The van der Waals surface area contributed by atoms with E-state index in [9.17, 15) is 4.79 Å². The third-order valence-electron chi connectivity index (χ3n) is 4.02. The minimum Gasteiger partial charge on any atom is -0.281 e. The fourth-order valence-corrected chi connectivity index (χ4v) is 3.59. The lowest BCUT2D eigenvalue weighted by Crippen LogP contribution is -2.41. The fraction of sp³-hybridized carbons (Fsp3) is 0.909. The van der Waals surface area contributed by atoms with E-state index >= 15 is 0 Å². The van der Waals surface area contributed by atoms with Gasteiger partial charge in [-0.05, 0) is 43.2 Å². The molecular weight excluding hydrogens is 184 g/mol. The Kier molecular flexibility index (Phi) is 2.64. The zero-order valence-corrected chi connectivity index (χ0v) is 8.78. The van der Waals surface area contributed by atoms with E-state index < -0.39 is 0 Å². The van der Waals surface area contributed by atoms with E-state index in [1.807, 2.05) is 0 Å². The summed E-state index contributed by atoms with van der Waals surface area (Å²) in [5.74, 6) is 0.611. The van der Waals surface area contributed by atoms with Crippen LogP contribution in [0.25, 0.3) is 0 Å². The maximum absolute atomic E-state index is 11.5. The van der Waals surface area contributed by atoms with Crippen molar-refractivity contribution < 1.29 is 4.79 Å². The normalized spacial score (nSPS) is 39.6. The molecule has 0 aromatic carbocycles. The number of fused-ring (bicyclic) bond motifs is 1. The van der Waals surface area contributed by atoms with Crippen LogP contribution in [0.3, 0.4) is 0 Å². The molecule has 2 saturated carbocycles. The van der Waals surface area contributed by atoms with Crippen LogP contribution in [0.2, 0.25) is 0 Å². The molecule has 0 radical (unpaired) electrons. The molecule has 0 atom stereocenters. The molecule has 13 heavy (non-hydrogen) atoms. The molecule has 0 unspecified atom stereocenters. The minimum absolute atomic E-state index is 0.0445. The lowest BCUT2D eigenvalue weighted by atomic mass is 9.60. The summed E-state index contributed by atoms with van der Waals surface area (Å²) in [6.45, 7) is 0. The first kappa shape index (κ1) is 9.51. The van der Waals surface area contributed by atoms with Gasteiger partial charge in [0.05, 0.1) is 0 Å². The molecule has 74 valence electrons. The minimum atomic E-state index is -0.0992. The molecule has 2 heteroatoms. The Hall–Kier alpha value is -0.0400. The molecule has 0 N–H and O–H groups in total. The van der Waals surface area contributed by atoms with Gasteiger partial charge in [-0.2, -0.15) is 0 Å². The van der Waals surface area contributed by atoms with E-state index in [0.29, 0.717) is 5.92 Å². The smallest absolute Gasteiger partial charge is 0.228 e. The highest BCUT2D eigenvalue weighted by Crippen LogP contribution is 2.51. The van der Waals surface area contributed by atoms with Crippen molar-refractivity contribution in [2.75, 3.05) is 0 Å². The summed E-state index contributed by atoms with van der Waals surface area (Å²) in [7, 11) is 0. The van der Waals surface area contributed by atoms with Gasteiger partial charge in [-0.1, -0.05) is 25.7 Å². The van der Waals surface area contributed by atoms with Crippen LogP contribution in [0.1, 0.15) is 51.4 Å². The highest BCUT2D eigenvalue weighted by Gasteiger charge is 2.46. The summed E-state index contributed by atoms with van der Waals surface area (Å²) in [4.78, 5) is 11.5. The summed E-state index contributed by atoms with van der Waals surface area (Å²) in [6.07, 6.45) is 9.59. The lowest BCUT2D eigenvalue weighted by molar-refractivity contribution is -0.128. The molecule has 0 spiro atoms. The number of hydrogen-bond acceptors (Lipinski definition) is 1. The average Bonchev–Trinajstić information content (AvgIpc) is 2.17. The second kappa shape index (κ2) is 3.61. The van der Waals surface area contributed by atoms with Gasteiger partial charge in [-0.25, -0.2) is 0 Å². The van der Waals surface area contributed by atoms with E-state index in [1.54, 1.807) is 0 Å². The Balaban J connectivity index is 2.21. The van der Waals surface area contributed by atoms with Gasteiger partial charge in [0.15, 0.2) is 0 Å². The van der Waals surface area contributed by atoms with Crippen LogP contribution in [-0.4, -0.2) is 5.24 Å². The van der Waals surface area contributed by atoms with Gasteiger partial charge in [-0.3, -0.25) is 4.79 Å². The SMILES string of the molecule is O=C(Cl)C12CCCCC1CCCC2. The van der Waals surface area contributed by atoms with Gasteiger partial charge in [0.1, 0.15) is 0 Å². The molecule has 0 bridgehead atoms. The van der Waals surface area contributed by atoms with Gasteiger partial charge in [0, 0.05) is 5.41 Å². The molecule has 0 aliphatic heterocycles. The highest BCUT2D eigenvalue weighted by molar-refractivity contribution is 6.64. The van der Waals surface area contributed by atoms with Crippen LogP contribution >= 0.6 is 11.6 Å². The Bertz CT molecular complexity index is 200. The molecule has 0 saturated heterocycles. The predicted octanol–water partition coefficient (Wildman–Crippen LogP) is 3.50. The zero-order chi connectivity index (χ0) is 9.31. The Morgan fingerprint density at radius 2 is 1.62 bits per heavy atom. The van der Waals surface area contributed by atoms with Gasteiger partial charge in [0.2, 0.25) is 5.24 Å². The third kappa shape index (κ3) is 1.52.